The lowest BCUT2D eigenvalue weighted by Crippen LogP contribution is -2.15. The molecule has 5 aromatic rings. The Morgan fingerprint density at radius 3 is 2.70 bits per heavy atom. The molecule has 0 bridgehead atoms. The Labute approximate surface area is 195 Å². The first kappa shape index (κ1) is 21.0. The van der Waals surface area contributed by atoms with Crippen LogP contribution in [-0.4, -0.2) is 34.9 Å². The number of amides is 1. The first-order valence-electron chi connectivity index (χ1n) is 10.5. The van der Waals surface area contributed by atoms with Crippen molar-refractivity contribution in [1.82, 2.24) is 28.9 Å². The molecular weight excluding hydrogens is 438 g/mol. The average molecular weight is 460 g/mol. The summed E-state index contributed by atoms with van der Waals surface area (Å²) in [6.07, 6.45) is 7.60. The molecule has 0 saturated carbocycles. The number of imidazole rings is 1. The van der Waals surface area contributed by atoms with Crippen LogP contribution in [0.15, 0.2) is 67.3 Å². The van der Waals surface area contributed by atoms with Gasteiger partial charge in [-0.2, -0.15) is 10.2 Å². The number of nitrogens with zero attached hydrogens (tertiary/aromatic N) is 6. The predicted octanol–water partition coefficient (Wildman–Crippen LogP) is 4.22. The highest BCUT2D eigenvalue weighted by atomic mass is 35.5. The van der Waals surface area contributed by atoms with Gasteiger partial charge in [-0.1, -0.05) is 17.7 Å². The summed E-state index contributed by atoms with van der Waals surface area (Å²) in [6.45, 7) is 4.39. The van der Waals surface area contributed by atoms with E-state index in [1.165, 1.54) is 0 Å². The molecule has 1 N–H and O–H groups in total. The van der Waals surface area contributed by atoms with E-state index in [-0.39, 0.29) is 12.3 Å². The van der Waals surface area contributed by atoms with Crippen LogP contribution in [0.4, 0.5) is 5.69 Å². The first-order valence-corrected chi connectivity index (χ1v) is 10.9. The summed E-state index contributed by atoms with van der Waals surface area (Å²) >= 11 is 5.99. The van der Waals surface area contributed by atoms with Gasteiger partial charge in [0.1, 0.15) is 5.65 Å². The summed E-state index contributed by atoms with van der Waals surface area (Å²) in [6, 6.07) is 13.3. The minimum atomic E-state index is -0.121. The standard InChI is InChI=1S/C24H22ClN7O/c1-16-22(17(2)32(29-16)21-8-6-18(25)7-9-21)11-24(33)28-19-12-26-31(14-19)15-20-13-30-10-4-3-5-23(30)27-20/h3-10,12-14H,11,15H2,1-2H3,(H,28,33). The highest BCUT2D eigenvalue weighted by Crippen LogP contribution is 2.20. The summed E-state index contributed by atoms with van der Waals surface area (Å²) in [4.78, 5) is 17.3. The van der Waals surface area contributed by atoms with E-state index in [0.29, 0.717) is 17.3 Å². The number of nitrogens with one attached hydrogen (secondary N) is 1. The van der Waals surface area contributed by atoms with Gasteiger partial charge in [-0.05, 0) is 50.2 Å². The molecule has 0 aliphatic rings. The van der Waals surface area contributed by atoms with Crippen molar-refractivity contribution in [3.8, 4) is 5.69 Å². The van der Waals surface area contributed by atoms with Gasteiger partial charge in [0.05, 0.1) is 41.9 Å². The number of carbonyl (C=O) groups is 1. The molecule has 5 rings (SSSR count). The van der Waals surface area contributed by atoms with Gasteiger partial charge < -0.3 is 9.72 Å². The largest absolute Gasteiger partial charge is 0.323 e. The van der Waals surface area contributed by atoms with Crippen LogP contribution >= 0.6 is 11.6 Å². The summed E-state index contributed by atoms with van der Waals surface area (Å²) in [5.74, 6) is -0.121. The zero-order valence-electron chi connectivity index (χ0n) is 18.2. The van der Waals surface area contributed by atoms with Crippen LogP contribution < -0.4 is 5.32 Å². The van der Waals surface area contributed by atoms with Crippen molar-refractivity contribution in [2.75, 3.05) is 5.32 Å². The lowest BCUT2D eigenvalue weighted by Gasteiger charge is -2.06. The minimum Gasteiger partial charge on any atom is -0.323 e. The zero-order valence-corrected chi connectivity index (χ0v) is 19.0. The van der Waals surface area contributed by atoms with Crippen LogP contribution in [0.1, 0.15) is 22.6 Å². The van der Waals surface area contributed by atoms with E-state index >= 15 is 0 Å². The van der Waals surface area contributed by atoms with Crippen molar-refractivity contribution in [3.05, 3.63) is 94.9 Å². The molecule has 8 nitrogen and oxygen atoms in total. The van der Waals surface area contributed by atoms with Gasteiger partial charge >= 0.3 is 0 Å². The SMILES string of the molecule is Cc1nn(-c2ccc(Cl)cc2)c(C)c1CC(=O)Nc1cnn(Cc2cn3ccccc3n2)c1. The van der Waals surface area contributed by atoms with E-state index in [2.05, 4.69) is 20.5 Å². The molecule has 33 heavy (non-hydrogen) atoms. The maximum Gasteiger partial charge on any atom is 0.229 e. The van der Waals surface area contributed by atoms with Crippen LogP contribution in [0.25, 0.3) is 11.3 Å². The third-order valence-electron chi connectivity index (χ3n) is 5.50. The highest BCUT2D eigenvalue weighted by Gasteiger charge is 2.16. The van der Waals surface area contributed by atoms with E-state index < -0.39 is 0 Å². The Balaban J connectivity index is 1.26. The number of aryl methyl sites for hydroxylation is 1. The number of hydrogen-bond acceptors (Lipinski definition) is 4. The summed E-state index contributed by atoms with van der Waals surface area (Å²) in [5.41, 5.74) is 5.97. The quantitative estimate of drug-likeness (QED) is 0.412. The molecule has 1 aromatic carbocycles. The van der Waals surface area contributed by atoms with Crippen molar-refractivity contribution in [2.45, 2.75) is 26.8 Å². The lowest BCUT2D eigenvalue weighted by atomic mass is 10.1. The van der Waals surface area contributed by atoms with Crippen molar-refractivity contribution < 1.29 is 4.79 Å². The van der Waals surface area contributed by atoms with Crippen molar-refractivity contribution in [1.29, 1.82) is 0 Å². The Morgan fingerprint density at radius 2 is 1.91 bits per heavy atom. The average Bonchev–Trinajstić information content (AvgIpc) is 3.48. The Morgan fingerprint density at radius 1 is 1.09 bits per heavy atom. The summed E-state index contributed by atoms with van der Waals surface area (Å²) in [5, 5.41) is 12.6. The van der Waals surface area contributed by atoms with E-state index in [9.17, 15) is 4.79 Å². The molecule has 0 spiro atoms. The van der Waals surface area contributed by atoms with E-state index in [4.69, 9.17) is 11.6 Å². The molecule has 0 atom stereocenters. The Bertz CT molecular complexity index is 1410. The third kappa shape index (κ3) is 4.38. The molecular formula is C24H22ClN7O. The topological polar surface area (TPSA) is 82.0 Å². The van der Waals surface area contributed by atoms with Gasteiger partial charge in [0.2, 0.25) is 5.91 Å². The van der Waals surface area contributed by atoms with Crippen LogP contribution in [0.5, 0.6) is 0 Å². The van der Waals surface area contributed by atoms with Gasteiger partial charge in [-0.15, -0.1) is 0 Å². The number of anilines is 1. The molecule has 0 radical (unpaired) electrons. The molecule has 0 aliphatic carbocycles. The number of aromatic nitrogens is 6. The zero-order chi connectivity index (χ0) is 22.9. The number of benzene rings is 1. The second-order valence-corrected chi connectivity index (χ2v) is 8.32. The van der Waals surface area contributed by atoms with Crippen molar-refractivity contribution in [3.63, 3.8) is 0 Å². The monoisotopic (exact) mass is 459 g/mol. The molecule has 0 saturated heterocycles. The maximum absolute atomic E-state index is 12.7. The summed E-state index contributed by atoms with van der Waals surface area (Å²) in [7, 11) is 0. The van der Waals surface area contributed by atoms with Gasteiger partial charge in [-0.3, -0.25) is 9.48 Å². The van der Waals surface area contributed by atoms with Crippen LogP contribution in [0.3, 0.4) is 0 Å². The van der Waals surface area contributed by atoms with Crippen LogP contribution in [0, 0.1) is 13.8 Å². The van der Waals surface area contributed by atoms with Gasteiger partial charge in [-0.25, -0.2) is 9.67 Å². The number of halogens is 1. The molecule has 9 heteroatoms. The minimum absolute atomic E-state index is 0.121. The number of pyridine rings is 1. The predicted molar refractivity (Wildman–Crippen MR) is 127 cm³/mol. The number of hydrogen-bond donors (Lipinski definition) is 1. The van der Waals surface area contributed by atoms with E-state index in [1.807, 2.05) is 77.8 Å². The number of carbonyl (C=O) groups excluding carboxylic acids is 1. The normalized spacial score (nSPS) is 11.2. The number of rotatable bonds is 6. The molecule has 1 amide bonds. The lowest BCUT2D eigenvalue weighted by molar-refractivity contribution is -0.115. The highest BCUT2D eigenvalue weighted by molar-refractivity contribution is 6.30. The summed E-state index contributed by atoms with van der Waals surface area (Å²) < 4.78 is 5.56. The van der Waals surface area contributed by atoms with Gasteiger partial charge in [0, 0.05) is 34.9 Å². The van der Waals surface area contributed by atoms with Crippen molar-refractivity contribution in [2.24, 2.45) is 0 Å². The van der Waals surface area contributed by atoms with Crippen LogP contribution in [0.2, 0.25) is 5.02 Å². The molecule has 4 heterocycles. The molecule has 0 fully saturated rings. The smallest absolute Gasteiger partial charge is 0.229 e. The second kappa shape index (κ2) is 8.55. The van der Waals surface area contributed by atoms with E-state index in [1.54, 1.807) is 17.1 Å². The number of fused-ring (bicyclic) bond motifs is 1. The maximum atomic E-state index is 12.7. The second-order valence-electron chi connectivity index (χ2n) is 7.89. The fraction of sp³-hybridized carbons (Fsp3) is 0.167. The third-order valence-corrected chi connectivity index (χ3v) is 5.76. The molecule has 166 valence electrons. The molecule has 0 unspecified atom stereocenters. The Hall–Kier alpha value is -3.91. The van der Waals surface area contributed by atoms with Gasteiger partial charge in [0.15, 0.2) is 0 Å². The molecule has 0 aliphatic heterocycles. The van der Waals surface area contributed by atoms with Gasteiger partial charge in [0.25, 0.3) is 0 Å². The fourth-order valence-electron chi connectivity index (χ4n) is 3.87. The van der Waals surface area contributed by atoms with Crippen LogP contribution in [-0.2, 0) is 17.8 Å². The van der Waals surface area contributed by atoms with E-state index in [0.717, 1.165) is 34.0 Å². The van der Waals surface area contributed by atoms with Crippen molar-refractivity contribution >= 4 is 28.8 Å². The fourth-order valence-corrected chi connectivity index (χ4v) is 4.00. The Kier molecular flexibility index (Phi) is 5.43. The molecule has 4 aromatic heterocycles. The first-order chi connectivity index (χ1) is 16.0.